The number of rotatable bonds is 7. The van der Waals surface area contributed by atoms with Gasteiger partial charge in [-0.2, -0.15) is 4.98 Å². The molecule has 100 valence electrons. The lowest BCUT2D eigenvalue weighted by atomic mass is 10.2. The molecule has 1 heterocycles. The minimum Gasteiger partial charge on any atom is -0.473 e. The lowest BCUT2D eigenvalue weighted by Crippen LogP contribution is -2.08. The fourth-order valence-corrected chi connectivity index (χ4v) is 1.57. The van der Waals surface area contributed by atoms with Crippen molar-refractivity contribution in [2.45, 2.75) is 39.5 Å². The van der Waals surface area contributed by atoms with Crippen LogP contribution in [0.1, 0.15) is 38.3 Å². The summed E-state index contributed by atoms with van der Waals surface area (Å²) in [5.74, 6) is -0.0526. The van der Waals surface area contributed by atoms with Crippen molar-refractivity contribution in [3.05, 3.63) is 15.8 Å². The molecule has 18 heavy (non-hydrogen) atoms. The van der Waals surface area contributed by atoms with Gasteiger partial charge in [0.15, 0.2) is 0 Å². The molecule has 0 aliphatic rings. The molecule has 0 unspecified atom stereocenters. The quantitative estimate of drug-likeness (QED) is 0.454. The van der Waals surface area contributed by atoms with Gasteiger partial charge in [0.05, 0.1) is 11.5 Å². The lowest BCUT2D eigenvalue weighted by molar-refractivity contribution is -0.387. The summed E-state index contributed by atoms with van der Waals surface area (Å²) in [5, 5.41) is 10.9. The van der Waals surface area contributed by atoms with E-state index in [0.29, 0.717) is 6.61 Å². The molecule has 2 N–H and O–H groups in total. The topological polar surface area (TPSA) is 104 Å². The van der Waals surface area contributed by atoms with Crippen molar-refractivity contribution in [3.8, 4) is 5.88 Å². The minimum absolute atomic E-state index is 0.0124. The maximum atomic E-state index is 10.9. The first-order valence-corrected chi connectivity index (χ1v) is 5.97. The fraction of sp³-hybridized carbons (Fsp3) is 0.636. The molecule has 0 fully saturated rings. The van der Waals surface area contributed by atoms with Crippen LogP contribution in [0.5, 0.6) is 5.88 Å². The molecule has 7 nitrogen and oxygen atoms in total. The van der Waals surface area contributed by atoms with E-state index in [2.05, 4.69) is 16.9 Å². The second kappa shape index (κ2) is 6.73. The van der Waals surface area contributed by atoms with Gasteiger partial charge in [-0.25, -0.2) is 4.98 Å². The molecule has 0 aromatic carbocycles. The summed E-state index contributed by atoms with van der Waals surface area (Å²) < 4.78 is 5.33. The van der Waals surface area contributed by atoms with Gasteiger partial charge in [0.25, 0.3) is 5.88 Å². The van der Waals surface area contributed by atoms with Crippen molar-refractivity contribution in [3.63, 3.8) is 0 Å². The van der Waals surface area contributed by atoms with Gasteiger partial charge < -0.3 is 10.5 Å². The van der Waals surface area contributed by atoms with E-state index in [4.69, 9.17) is 10.5 Å². The predicted octanol–water partition coefficient (Wildman–Crippen LogP) is 2.23. The third-order valence-electron chi connectivity index (χ3n) is 2.46. The molecular formula is C11H18N4O3. The standard InChI is InChI=1S/C11H18N4O3/c1-3-4-5-6-7-18-10-9(15(16)17)8(2)13-11(12)14-10/h3-7H2,1-2H3,(H2,12,13,14). The number of hydrogen-bond donors (Lipinski definition) is 1. The average molecular weight is 254 g/mol. The summed E-state index contributed by atoms with van der Waals surface area (Å²) >= 11 is 0. The van der Waals surface area contributed by atoms with Gasteiger partial charge in [-0.1, -0.05) is 26.2 Å². The Kier molecular flexibility index (Phi) is 5.29. The Morgan fingerprint density at radius 2 is 2.06 bits per heavy atom. The van der Waals surface area contributed by atoms with Crippen molar-refractivity contribution in [1.82, 2.24) is 9.97 Å². The predicted molar refractivity (Wildman–Crippen MR) is 67.5 cm³/mol. The van der Waals surface area contributed by atoms with E-state index in [1.54, 1.807) is 0 Å². The van der Waals surface area contributed by atoms with E-state index in [9.17, 15) is 10.1 Å². The first kappa shape index (κ1) is 14.1. The molecule has 0 saturated heterocycles. The molecule has 0 saturated carbocycles. The Morgan fingerprint density at radius 3 is 2.67 bits per heavy atom. The Labute approximate surface area is 106 Å². The van der Waals surface area contributed by atoms with E-state index in [0.717, 1.165) is 25.7 Å². The third kappa shape index (κ3) is 3.83. The number of aryl methyl sites for hydroxylation is 1. The van der Waals surface area contributed by atoms with Crippen LogP contribution in [0, 0.1) is 17.0 Å². The average Bonchev–Trinajstić information content (AvgIpc) is 2.27. The minimum atomic E-state index is -0.545. The number of nitrogens with two attached hydrogens (primary N) is 1. The summed E-state index contributed by atoms with van der Waals surface area (Å²) in [4.78, 5) is 17.9. The van der Waals surface area contributed by atoms with Crippen LogP contribution in [0.3, 0.4) is 0 Å². The highest BCUT2D eigenvalue weighted by atomic mass is 16.6. The van der Waals surface area contributed by atoms with E-state index in [1.165, 1.54) is 6.92 Å². The number of ether oxygens (including phenoxy) is 1. The number of hydrogen-bond acceptors (Lipinski definition) is 6. The van der Waals surface area contributed by atoms with Crippen molar-refractivity contribution < 1.29 is 9.66 Å². The monoisotopic (exact) mass is 254 g/mol. The second-order valence-corrected chi connectivity index (χ2v) is 3.99. The molecule has 1 aromatic rings. The highest BCUT2D eigenvalue weighted by Gasteiger charge is 2.22. The second-order valence-electron chi connectivity index (χ2n) is 3.99. The summed E-state index contributed by atoms with van der Waals surface area (Å²) in [6.07, 6.45) is 4.12. The molecule has 0 amide bonds. The van der Waals surface area contributed by atoms with E-state index in [-0.39, 0.29) is 23.2 Å². The number of nitrogens with zero attached hydrogens (tertiary/aromatic N) is 3. The molecule has 0 atom stereocenters. The first-order chi connectivity index (χ1) is 8.56. The van der Waals surface area contributed by atoms with Crippen LogP contribution in [-0.2, 0) is 0 Å². The van der Waals surface area contributed by atoms with Crippen LogP contribution < -0.4 is 10.5 Å². The number of nitrogen functional groups attached to an aromatic ring is 1. The first-order valence-electron chi connectivity index (χ1n) is 5.97. The Balaban J connectivity index is 2.71. The van der Waals surface area contributed by atoms with Gasteiger partial charge in [0, 0.05) is 0 Å². The van der Waals surface area contributed by atoms with Gasteiger partial charge in [0.1, 0.15) is 5.69 Å². The van der Waals surface area contributed by atoms with Crippen LogP contribution in [0.4, 0.5) is 11.6 Å². The van der Waals surface area contributed by atoms with Crippen molar-refractivity contribution in [2.24, 2.45) is 0 Å². The molecule has 1 rings (SSSR count). The Hall–Kier alpha value is -1.92. The third-order valence-corrected chi connectivity index (χ3v) is 2.46. The highest BCUT2D eigenvalue weighted by molar-refractivity contribution is 5.47. The van der Waals surface area contributed by atoms with Crippen molar-refractivity contribution in [1.29, 1.82) is 0 Å². The van der Waals surface area contributed by atoms with Gasteiger partial charge in [-0.05, 0) is 13.3 Å². The van der Waals surface area contributed by atoms with Crippen LogP contribution in [-0.4, -0.2) is 21.5 Å². The van der Waals surface area contributed by atoms with Crippen LogP contribution in [0.2, 0.25) is 0 Å². The highest BCUT2D eigenvalue weighted by Crippen LogP contribution is 2.27. The van der Waals surface area contributed by atoms with Gasteiger partial charge in [0.2, 0.25) is 5.95 Å². The summed E-state index contributed by atoms with van der Waals surface area (Å²) in [5.41, 5.74) is 5.47. The SMILES string of the molecule is CCCCCCOc1nc(N)nc(C)c1[N+](=O)[O-]. The number of unbranched alkanes of at least 4 members (excludes halogenated alkanes) is 3. The van der Waals surface area contributed by atoms with Crippen LogP contribution in [0.15, 0.2) is 0 Å². The zero-order valence-electron chi connectivity index (χ0n) is 10.7. The van der Waals surface area contributed by atoms with Gasteiger partial charge >= 0.3 is 5.69 Å². The van der Waals surface area contributed by atoms with Crippen LogP contribution in [0.25, 0.3) is 0 Å². The molecular weight excluding hydrogens is 236 g/mol. The number of anilines is 1. The molecule has 0 bridgehead atoms. The lowest BCUT2D eigenvalue weighted by Gasteiger charge is -2.07. The summed E-state index contributed by atoms with van der Waals surface area (Å²) in [6.45, 7) is 4.02. The van der Waals surface area contributed by atoms with Crippen LogP contribution >= 0.6 is 0 Å². The number of nitro groups is 1. The zero-order chi connectivity index (χ0) is 13.5. The summed E-state index contributed by atoms with van der Waals surface area (Å²) in [7, 11) is 0. The number of aromatic nitrogens is 2. The maximum Gasteiger partial charge on any atom is 0.352 e. The fourth-order valence-electron chi connectivity index (χ4n) is 1.57. The Morgan fingerprint density at radius 1 is 1.33 bits per heavy atom. The molecule has 0 radical (unpaired) electrons. The largest absolute Gasteiger partial charge is 0.473 e. The Bertz CT molecular complexity index is 423. The van der Waals surface area contributed by atoms with Gasteiger partial charge in [-0.3, -0.25) is 10.1 Å². The van der Waals surface area contributed by atoms with E-state index in [1.807, 2.05) is 0 Å². The molecule has 0 aliphatic carbocycles. The van der Waals surface area contributed by atoms with Gasteiger partial charge in [-0.15, -0.1) is 0 Å². The normalized spacial score (nSPS) is 10.3. The zero-order valence-corrected chi connectivity index (χ0v) is 10.7. The molecule has 1 aromatic heterocycles. The van der Waals surface area contributed by atoms with E-state index < -0.39 is 4.92 Å². The molecule has 0 aliphatic heterocycles. The molecule has 7 heteroatoms. The summed E-state index contributed by atoms with van der Waals surface area (Å²) in [6, 6.07) is 0. The van der Waals surface area contributed by atoms with Crippen molar-refractivity contribution in [2.75, 3.05) is 12.3 Å². The van der Waals surface area contributed by atoms with E-state index >= 15 is 0 Å². The smallest absolute Gasteiger partial charge is 0.352 e. The molecule has 0 spiro atoms. The van der Waals surface area contributed by atoms with Crippen molar-refractivity contribution >= 4 is 11.6 Å². The maximum absolute atomic E-state index is 10.9.